The van der Waals surface area contributed by atoms with Gasteiger partial charge in [0.1, 0.15) is 35.7 Å². The van der Waals surface area contributed by atoms with Crippen LogP contribution in [0.2, 0.25) is 5.02 Å². The van der Waals surface area contributed by atoms with Crippen LogP contribution in [0.4, 0.5) is 0 Å². The lowest BCUT2D eigenvalue weighted by atomic mass is 9.98. The summed E-state index contributed by atoms with van der Waals surface area (Å²) in [5.74, 6) is 0.538. The normalized spacial score (nSPS) is 24.2. The first kappa shape index (κ1) is 22.2. The van der Waals surface area contributed by atoms with Crippen molar-refractivity contribution in [3.63, 3.8) is 0 Å². The van der Waals surface area contributed by atoms with Crippen molar-refractivity contribution in [1.82, 2.24) is 24.4 Å². The molecule has 2 aromatic rings. The monoisotopic (exact) mass is 441 g/mol. The molecule has 0 saturated carbocycles. The SMILES string of the molecule is CC(C)c1nccn1CC(=O)N[C@@H]1CO[C@H](Cn2cc(Cl)c(=O)[nH]c2=O)[C@@H](O)[C@H]1O. The predicted molar refractivity (Wildman–Crippen MR) is 106 cm³/mol. The third kappa shape index (κ3) is 4.81. The van der Waals surface area contributed by atoms with E-state index in [1.807, 2.05) is 18.8 Å². The molecule has 0 aliphatic carbocycles. The van der Waals surface area contributed by atoms with Gasteiger partial charge in [0, 0.05) is 24.5 Å². The Balaban J connectivity index is 1.61. The number of halogens is 1. The molecule has 11 nitrogen and oxygen atoms in total. The second-order valence-electron chi connectivity index (χ2n) is 7.48. The Morgan fingerprint density at radius 1 is 1.37 bits per heavy atom. The Hall–Kier alpha value is -2.47. The van der Waals surface area contributed by atoms with Crippen molar-refractivity contribution in [1.29, 1.82) is 0 Å². The van der Waals surface area contributed by atoms with Crippen LogP contribution in [-0.4, -0.2) is 66.2 Å². The van der Waals surface area contributed by atoms with Gasteiger partial charge >= 0.3 is 5.69 Å². The summed E-state index contributed by atoms with van der Waals surface area (Å²) in [6, 6.07) is -0.828. The molecule has 0 aromatic carbocycles. The van der Waals surface area contributed by atoms with E-state index in [4.69, 9.17) is 16.3 Å². The molecule has 0 bridgehead atoms. The lowest BCUT2D eigenvalue weighted by molar-refractivity contribution is -0.159. The highest BCUT2D eigenvalue weighted by atomic mass is 35.5. The number of nitrogens with zero attached hydrogens (tertiary/aromatic N) is 3. The number of aliphatic hydroxyl groups is 2. The Labute approximate surface area is 176 Å². The van der Waals surface area contributed by atoms with Gasteiger partial charge in [-0.2, -0.15) is 0 Å². The van der Waals surface area contributed by atoms with Crippen LogP contribution in [-0.2, 0) is 22.6 Å². The van der Waals surface area contributed by atoms with E-state index in [9.17, 15) is 24.6 Å². The molecule has 3 rings (SSSR count). The molecule has 2 aromatic heterocycles. The number of rotatable bonds is 6. The average molecular weight is 442 g/mol. The van der Waals surface area contributed by atoms with E-state index in [0.29, 0.717) is 0 Å². The second kappa shape index (κ2) is 9.13. The number of carbonyl (C=O) groups is 1. The third-order valence-electron chi connectivity index (χ3n) is 4.90. The summed E-state index contributed by atoms with van der Waals surface area (Å²) in [4.78, 5) is 41.9. The molecule has 3 heterocycles. The Morgan fingerprint density at radius 2 is 2.10 bits per heavy atom. The zero-order valence-corrected chi connectivity index (χ0v) is 17.2. The molecular formula is C18H24ClN5O6. The van der Waals surface area contributed by atoms with Gasteiger partial charge < -0.3 is 24.8 Å². The molecule has 4 N–H and O–H groups in total. The first-order valence-electron chi connectivity index (χ1n) is 9.44. The zero-order chi connectivity index (χ0) is 22.0. The number of aromatic amines is 1. The summed E-state index contributed by atoms with van der Waals surface area (Å²) in [5, 5.41) is 23.3. The fourth-order valence-electron chi connectivity index (χ4n) is 3.34. The average Bonchev–Trinajstić information content (AvgIpc) is 3.14. The van der Waals surface area contributed by atoms with E-state index in [-0.39, 0.29) is 36.5 Å². The summed E-state index contributed by atoms with van der Waals surface area (Å²) < 4.78 is 8.35. The van der Waals surface area contributed by atoms with Crippen molar-refractivity contribution in [3.05, 3.63) is 50.3 Å². The highest BCUT2D eigenvalue weighted by Crippen LogP contribution is 2.18. The molecule has 1 fully saturated rings. The summed E-state index contributed by atoms with van der Waals surface area (Å²) in [7, 11) is 0. The Kier molecular flexibility index (Phi) is 6.76. The summed E-state index contributed by atoms with van der Waals surface area (Å²) in [5.41, 5.74) is -1.43. The topological polar surface area (TPSA) is 151 Å². The summed E-state index contributed by atoms with van der Waals surface area (Å²) in [6.45, 7) is 3.74. The predicted octanol–water partition coefficient (Wildman–Crippen LogP) is -1.18. The molecule has 1 saturated heterocycles. The number of nitrogens with one attached hydrogen (secondary N) is 2. The number of imidazole rings is 1. The van der Waals surface area contributed by atoms with Gasteiger partial charge in [-0.1, -0.05) is 25.4 Å². The molecule has 0 radical (unpaired) electrons. The van der Waals surface area contributed by atoms with Crippen LogP contribution in [0.1, 0.15) is 25.6 Å². The molecule has 0 spiro atoms. The number of H-pyrrole nitrogens is 1. The van der Waals surface area contributed by atoms with Crippen molar-refractivity contribution in [2.75, 3.05) is 6.61 Å². The lowest BCUT2D eigenvalue weighted by Gasteiger charge is -2.38. The van der Waals surface area contributed by atoms with Gasteiger partial charge in [-0.25, -0.2) is 9.78 Å². The van der Waals surface area contributed by atoms with E-state index < -0.39 is 35.6 Å². The number of aromatic nitrogens is 4. The van der Waals surface area contributed by atoms with Crippen LogP contribution in [0.15, 0.2) is 28.2 Å². The molecule has 0 unspecified atom stereocenters. The van der Waals surface area contributed by atoms with Crippen molar-refractivity contribution >= 4 is 17.5 Å². The van der Waals surface area contributed by atoms with Gasteiger partial charge in [0.15, 0.2) is 0 Å². The fraction of sp³-hybridized carbons (Fsp3) is 0.556. The first-order chi connectivity index (χ1) is 14.2. The second-order valence-corrected chi connectivity index (χ2v) is 7.89. The highest BCUT2D eigenvalue weighted by molar-refractivity contribution is 6.30. The first-order valence-corrected chi connectivity index (χ1v) is 9.82. The number of hydrogen-bond donors (Lipinski definition) is 4. The molecule has 164 valence electrons. The maximum absolute atomic E-state index is 12.4. The summed E-state index contributed by atoms with van der Waals surface area (Å²) >= 11 is 5.73. The van der Waals surface area contributed by atoms with Crippen molar-refractivity contribution in [3.8, 4) is 0 Å². The minimum absolute atomic E-state index is 0.0154. The van der Waals surface area contributed by atoms with Gasteiger partial charge in [-0.15, -0.1) is 0 Å². The van der Waals surface area contributed by atoms with Gasteiger partial charge in [-0.3, -0.25) is 19.1 Å². The van der Waals surface area contributed by atoms with E-state index >= 15 is 0 Å². The number of ether oxygens (including phenoxy) is 1. The molecule has 1 aliphatic rings. The van der Waals surface area contributed by atoms with Crippen molar-refractivity contribution in [2.45, 2.75) is 57.2 Å². The van der Waals surface area contributed by atoms with Crippen LogP contribution in [0.25, 0.3) is 0 Å². The Morgan fingerprint density at radius 3 is 2.80 bits per heavy atom. The van der Waals surface area contributed by atoms with Crippen LogP contribution in [0, 0.1) is 0 Å². The summed E-state index contributed by atoms with van der Waals surface area (Å²) in [6.07, 6.45) is 0.821. The standard InChI is InChI=1S/C18H24ClN5O6/c1-9(2)16-20-3-4-23(16)7-13(25)21-11-8-30-12(15(27)14(11)26)6-24-5-10(19)17(28)22-18(24)29/h3-5,9,11-12,14-15,26-27H,6-8H2,1-2H3,(H,21,25)(H,22,28,29)/t11-,12-,14+,15-/m1/s1. The largest absolute Gasteiger partial charge is 0.388 e. The molecule has 30 heavy (non-hydrogen) atoms. The number of amides is 1. The van der Waals surface area contributed by atoms with Crippen molar-refractivity contribution in [2.24, 2.45) is 0 Å². The van der Waals surface area contributed by atoms with Gasteiger partial charge in [0.2, 0.25) is 5.91 Å². The third-order valence-corrected chi connectivity index (χ3v) is 5.17. The molecule has 1 aliphatic heterocycles. The number of hydrogen-bond acceptors (Lipinski definition) is 7. The molecular weight excluding hydrogens is 418 g/mol. The number of carbonyl (C=O) groups excluding carboxylic acids is 1. The van der Waals surface area contributed by atoms with E-state index in [2.05, 4.69) is 10.3 Å². The minimum Gasteiger partial charge on any atom is -0.388 e. The van der Waals surface area contributed by atoms with Crippen molar-refractivity contribution < 1.29 is 19.7 Å². The van der Waals surface area contributed by atoms with Gasteiger partial charge in [0.05, 0.1) is 19.2 Å². The minimum atomic E-state index is -1.37. The maximum Gasteiger partial charge on any atom is 0.328 e. The molecule has 1 amide bonds. The van der Waals surface area contributed by atoms with Crippen LogP contribution >= 0.6 is 11.6 Å². The quantitative estimate of drug-likeness (QED) is 0.440. The van der Waals surface area contributed by atoms with E-state index in [1.54, 1.807) is 17.0 Å². The van der Waals surface area contributed by atoms with E-state index in [0.717, 1.165) is 16.6 Å². The Bertz CT molecular complexity index is 1010. The smallest absolute Gasteiger partial charge is 0.328 e. The molecule has 12 heteroatoms. The van der Waals surface area contributed by atoms with Crippen LogP contribution in [0.5, 0.6) is 0 Å². The maximum atomic E-state index is 12.4. The fourth-order valence-corrected chi connectivity index (χ4v) is 3.51. The highest BCUT2D eigenvalue weighted by Gasteiger charge is 2.39. The van der Waals surface area contributed by atoms with E-state index in [1.165, 1.54) is 0 Å². The zero-order valence-electron chi connectivity index (χ0n) is 16.5. The van der Waals surface area contributed by atoms with Gasteiger partial charge in [0.25, 0.3) is 5.56 Å². The van der Waals surface area contributed by atoms with Crippen LogP contribution < -0.4 is 16.6 Å². The van der Waals surface area contributed by atoms with Crippen LogP contribution in [0.3, 0.4) is 0 Å². The number of aliphatic hydroxyl groups excluding tert-OH is 2. The molecule has 4 atom stereocenters. The van der Waals surface area contributed by atoms with Gasteiger partial charge in [-0.05, 0) is 0 Å². The lowest BCUT2D eigenvalue weighted by Crippen LogP contribution is -2.60.